The van der Waals surface area contributed by atoms with Crippen LogP contribution in [0.1, 0.15) is 78.2 Å². The number of hydrogen-bond acceptors (Lipinski definition) is 9. The van der Waals surface area contributed by atoms with Gasteiger partial charge < -0.3 is 60.7 Å². The second-order valence-corrected chi connectivity index (χ2v) is 17.9. The first-order valence-corrected chi connectivity index (χ1v) is 23.7. The van der Waals surface area contributed by atoms with Crippen LogP contribution in [0.2, 0.25) is 0 Å². The van der Waals surface area contributed by atoms with Crippen molar-refractivity contribution in [3.8, 4) is 22.6 Å². The Kier molecular flexibility index (Phi) is 29.4. The highest BCUT2D eigenvalue weighted by atomic mass is 35.5. The largest absolute Gasteiger partial charge is 1.00 e. The Morgan fingerprint density at radius 2 is 1.21 bits per heavy atom. The molecule has 400 valence electrons. The van der Waals surface area contributed by atoms with Crippen LogP contribution in [0.5, 0.6) is 11.5 Å². The molecule has 3 atom stereocenters. The number of guanidine groups is 1. The van der Waals surface area contributed by atoms with Gasteiger partial charge in [-0.3, -0.25) is 41.0 Å². The van der Waals surface area contributed by atoms with Crippen molar-refractivity contribution in [1.29, 1.82) is 0 Å². The Hall–Kier alpha value is -5.99. The molecule has 5 aromatic rings. The number of benzene rings is 5. The molecule has 0 saturated carbocycles. The average molecular weight is 1090 g/mol. The summed E-state index contributed by atoms with van der Waals surface area (Å²) < 4.78 is 18.4. The molecule has 3 amide bonds. The van der Waals surface area contributed by atoms with Crippen LogP contribution < -0.4 is 72.4 Å². The van der Waals surface area contributed by atoms with E-state index in [0.29, 0.717) is 55.4 Å². The van der Waals surface area contributed by atoms with E-state index in [-0.39, 0.29) is 102 Å². The fraction of sp³-hybridized carbons (Fsp3) is 0.404. The highest BCUT2D eigenvalue weighted by Crippen LogP contribution is 2.45. The fourth-order valence-electron chi connectivity index (χ4n) is 7.84. The monoisotopic (exact) mass is 1090 g/mol. The molecule has 73 heavy (non-hydrogen) atoms. The van der Waals surface area contributed by atoms with E-state index in [1.54, 1.807) is 0 Å². The molecule has 0 radical (unpaired) electrons. The van der Waals surface area contributed by atoms with Crippen molar-refractivity contribution in [1.82, 2.24) is 16.0 Å². The van der Waals surface area contributed by atoms with Gasteiger partial charge in [0.25, 0.3) is 11.6 Å². The van der Waals surface area contributed by atoms with Crippen molar-refractivity contribution in [2.75, 3.05) is 26.3 Å². The summed E-state index contributed by atoms with van der Waals surface area (Å²) in [5, 5.41) is 23.4. The molecule has 21 heteroatoms. The molecule has 0 saturated heterocycles. The molecule has 0 heterocycles. The number of ether oxygens (including phenoxy) is 3. The number of quaternary nitrogens is 1. The predicted octanol–water partition coefficient (Wildman–Crippen LogP) is -1.60. The van der Waals surface area contributed by atoms with Crippen molar-refractivity contribution >= 4 is 83.9 Å². The zero-order valence-corrected chi connectivity index (χ0v) is 45.4. The van der Waals surface area contributed by atoms with E-state index in [2.05, 4.69) is 40.5 Å². The third kappa shape index (κ3) is 20.1. The van der Waals surface area contributed by atoms with Crippen LogP contribution in [0.4, 0.5) is 5.69 Å². The van der Waals surface area contributed by atoms with E-state index >= 15 is 0 Å². The number of non-ortho nitro benzene ring substituents is 1. The summed E-state index contributed by atoms with van der Waals surface area (Å²) in [6.45, 7) is 8.88. The summed E-state index contributed by atoms with van der Waals surface area (Å²) in [4.78, 5) is 69.1. The second kappa shape index (κ2) is 33.0. The summed E-state index contributed by atoms with van der Waals surface area (Å²) >= 11 is 0. The first kappa shape index (κ1) is 65.0. The van der Waals surface area contributed by atoms with E-state index in [4.69, 9.17) is 25.7 Å². The number of carbonyl (C=O) groups excluding carboxylic acids is 4. The molecular formula is C52H72Cl2N8O9S2. The molecule has 5 rings (SSSR count). The molecule has 0 aromatic heterocycles. The molecule has 17 nitrogen and oxygen atoms in total. The van der Waals surface area contributed by atoms with Gasteiger partial charge in [-0.1, -0.05) is 88.4 Å². The van der Waals surface area contributed by atoms with Gasteiger partial charge in [-0.2, -0.15) is 27.0 Å². The van der Waals surface area contributed by atoms with Gasteiger partial charge in [0.2, 0.25) is 11.8 Å². The number of halogens is 2. The van der Waals surface area contributed by atoms with Gasteiger partial charge in [0.05, 0.1) is 24.6 Å². The second-order valence-electron chi connectivity index (χ2n) is 17.9. The van der Waals surface area contributed by atoms with Crippen LogP contribution in [0.15, 0.2) is 97.1 Å². The lowest BCUT2D eigenvalue weighted by molar-refractivity contribution is -0.459. The number of rotatable bonds is 27. The van der Waals surface area contributed by atoms with E-state index in [0.717, 1.165) is 39.1 Å². The van der Waals surface area contributed by atoms with Crippen LogP contribution >= 0.6 is 27.0 Å². The molecule has 11 N–H and O–H groups in total. The van der Waals surface area contributed by atoms with E-state index in [9.17, 15) is 29.3 Å². The Morgan fingerprint density at radius 1 is 0.671 bits per heavy atom. The van der Waals surface area contributed by atoms with Gasteiger partial charge >= 0.3 is 11.9 Å². The van der Waals surface area contributed by atoms with Gasteiger partial charge in [-0.25, -0.2) is 4.79 Å². The smallest absolute Gasteiger partial charge is 0.338 e. The van der Waals surface area contributed by atoms with Crippen molar-refractivity contribution in [2.24, 2.45) is 23.3 Å². The van der Waals surface area contributed by atoms with Crippen molar-refractivity contribution in [3.05, 3.63) is 113 Å². The summed E-state index contributed by atoms with van der Waals surface area (Å²) in [7, 11) is 0. The molecule has 0 spiro atoms. The number of nitro groups is 1. The summed E-state index contributed by atoms with van der Waals surface area (Å²) in [5.74, 6) is -0.967. The lowest BCUT2D eigenvalue weighted by atomic mass is 9.92. The Bertz CT molecular complexity index is 2590. The lowest BCUT2D eigenvalue weighted by Gasteiger charge is -2.26. The first-order valence-electron chi connectivity index (χ1n) is 23.7. The van der Waals surface area contributed by atoms with Crippen molar-refractivity contribution in [3.63, 3.8) is 0 Å². The quantitative estimate of drug-likeness (QED) is 0.00786. The predicted molar refractivity (Wildman–Crippen MR) is 286 cm³/mol. The molecule has 0 bridgehead atoms. The summed E-state index contributed by atoms with van der Waals surface area (Å²) in [5.41, 5.74) is 17.2. The lowest BCUT2D eigenvalue weighted by Crippen LogP contribution is -3.00. The van der Waals surface area contributed by atoms with E-state index in [1.807, 2.05) is 86.6 Å². The number of amides is 3. The minimum Gasteiger partial charge on any atom is -1.00 e. The maximum Gasteiger partial charge on any atom is 0.338 e. The van der Waals surface area contributed by atoms with Gasteiger partial charge in [0.15, 0.2) is 6.61 Å². The molecule has 0 unspecified atom stereocenters. The van der Waals surface area contributed by atoms with Crippen LogP contribution in [0, 0.1) is 22.0 Å². The highest BCUT2D eigenvalue weighted by molar-refractivity contribution is 7.59. The number of fused-ring (bicyclic) bond motifs is 2. The SMILES string of the molecule is CC(C)CCOc1ccc2ccccc2c1-c1c(OCC(=O)N[C@H](CCCC[NH3+])C(=O)N[C@H](CCC[NH+]=C(N)N)C(=O)N[C@@H](CC(C)C)C(=O)OCc2ccc([N+](=O)[O-])cc2)ccc2ccccc12.S.S.[Cl-].[Cl-]. The van der Waals surface area contributed by atoms with E-state index < -0.39 is 53.3 Å². The first-order chi connectivity index (χ1) is 33.1. The summed E-state index contributed by atoms with van der Waals surface area (Å²) in [6, 6.07) is 26.1. The average Bonchev–Trinajstić information content (AvgIpc) is 3.32. The maximum absolute atomic E-state index is 14.2. The molecule has 0 aliphatic rings. The van der Waals surface area contributed by atoms with Crippen LogP contribution in [0.25, 0.3) is 32.7 Å². The van der Waals surface area contributed by atoms with Crippen molar-refractivity contribution in [2.45, 2.75) is 97.4 Å². The molecule has 0 aliphatic carbocycles. The van der Waals surface area contributed by atoms with Crippen molar-refractivity contribution < 1.29 is 73.9 Å². The maximum atomic E-state index is 14.2. The van der Waals surface area contributed by atoms with Crippen LogP contribution in [0.3, 0.4) is 0 Å². The Balaban J connectivity index is 0.00000666. The Morgan fingerprint density at radius 3 is 1.74 bits per heavy atom. The minimum absolute atomic E-state index is 0. The highest BCUT2D eigenvalue weighted by Gasteiger charge is 2.31. The fourth-order valence-corrected chi connectivity index (χ4v) is 7.84. The number of esters is 1. The van der Waals surface area contributed by atoms with Crippen LogP contribution in [-0.4, -0.2) is 79.0 Å². The molecule has 0 aliphatic heterocycles. The summed E-state index contributed by atoms with van der Waals surface area (Å²) in [6.07, 6.45) is 3.05. The number of unbranched alkanes of at least 4 members (excludes halogenated alkanes) is 1. The van der Waals surface area contributed by atoms with Gasteiger partial charge in [-0.15, -0.1) is 0 Å². The zero-order valence-electron chi connectivity index (χ0n) is 41.8. The number of nitrogens with two attached hydrogens (primary N) is 2. The zero-order chi connectivity index (χ0) is 49.9. The third-order valence-corrected chi connectivity index (χ3v) is 11.5. The normalized spacial score (nSPS) is 11.8. The Labute approximate surface area is 453 Å². The minimum atomic E-state index is -1.14. The van der Waals surface area contributed by atoms with Gasteiger partial charge in [-0.05, 0) is 108 Å². The van der Waals surface area contributed by atoms with Gasteiger partial charge in [0, 0.05) is 23.3 Å². The molecular weight excluding hydrogens is 1020 g/mol. The van der Waals surface area contributed by atoms with Gasteiger partial charge in [0.1, 0.15) is 36.2 Å². The number of hydrogen-bond donors (Lipinski definition) is 7. The third-order valence-electron chi connectivity index (χ3n) is 11.5. The number of nitrogens with zero attached hydrogens (tertiary/aromatic N) is 1. The standard InChI is InChI=1S/C52H66N8O9.2ClH.2H2S/c1-33(2)26-29-67-44-24-20-36-12-5-7-14-39(36)47(44)48-40-15-8-6-13-37(40)21-25-45(48)68-32-46(61)57-41(16-9-10-27-53)49(62)58-42(17-11-28-56-52(54)55)50(63)59-43(30-34(3)4)51(64)69-31-35-18-22-38(23-19-35)60(65)66;;;;/h5-8,12-15,18-25,33-34,41-43H,9-11,16-17,26-32,53H2,1-4H3,(H,57,61)(H,58,62)(H,59,63)(H4,54,55,56);2*1H;2*1H2/t41-,42-,43+;;;;/m1..../s1. The topological polar surface area (TPSA) is 269 Å². The number of nitro benzene ring substituents is 1. The molecule has 0 fully saturated rings. The molecule has 5 aromatic carbocycles. The van der Waals surface area contributed by atoms with Crippen LogP contribution in [-0.2, 0) is 30.5 Å². The van der Waals surface area contributed by atoms with E-state index in [1.165, 1.54) is 24.3 Å². The number of nitrogens with one attached hydrogen (secondary N) is 4. The number of carbonyl (C=O) groups is 4.